The van der Waals surface area contributed by atoms with Crippen LogP contribution in [-0.4, -0.2) is 38.4 Å². The van der Waals surface area contributed by atoms with E-state index in [4.69, 9.17) is 0 Å². The van der Waals surface area contributed by atoms with Crippen molar-refractivity contribution in [2.45, 2.75) is 11.8 Å². The molecule has 11 nitrogen and oxygen atoms in total. The molecule has 0 bridgehead atoms. The van der Waals surface area contributed by atoms with Gasteiger partial charge in [0.15, 0.2) is 0 Å². The minimum atomic E-state index is -4.00. The van der Waals surface area contributed by atoms with Gasteiger partial charge >= 0.3 is 6.03 Å². The molecule has 0 spiro atoms. The van der Waals surface area contributed by atoms with Crippen molar-refractivity contribution >= 4 is 39.0 Å². The van der Waals surface area contributed by atoms with E-state index in [0.717, 1.165) is 18.2 Å². The third kappa shape index (κ3) is 6.49. The largest absolute Gasteiger partial charge is 0.337 e. The summed E-state index contributed by atoms with van der Waals surface area (Å²) in [4.78, 5) is 32.7. The topological polar surface area (TPSA) is 160 Å². The Hall–Kier alpha value is -3.58. The van der Waals surface area contributed by atoms with E-state index in [2.05, 4.69) is 20.7 Å². The van der Waals surface area contributed by atoms with Gasteiger partial charge in [0, 0.05) is 37.8 Å². The highest BCUT2D eigenvalue weighted by Crippen LogP contribution is 2.19. The Balaban J connectivity index is 1.87. The summed E-state index contributed by atoms with van der Waals surface area (Å²) in [7, 11) is -4.00. The van der Waals surface area contributed by atoms with Gasteiger partial charge < -0.3 is 16.0 Å². The molecule has 0 saturated carbocycles. The second-order valence-corrected chi connectivity index (χ2v) is 7.68. The zero-order valence-electron chi connectivity index (χ0n) is 15.6. The second-order valence-electron chi connectivity index (χ2n) is 5.91. The smallest absolute Gasteiger partial charge is 0.319 e. The van der Waals surface area contributed by atoms with Crippen molar-refractivity contribution in [3.63, 3.8) is 0 Å². The number of hydrogen-bond donors (Lipinski definition) is 4. The molecule has 4 N–H and O–H groups in total. The van der Waals surface area contributed by atoms with E-state index in [1.807, 2.05) is 0 Å². The molecule has 0 aliphatic rings. The van der Waals surface area contributed by atoms with Gasteiger partial charge in [-0.1, -0.05) is 6.07 Å². The zero-order valence-corrected chi connectivity index (χ0v) is 16.5. The molecule has 30 heavy (non-hydrogen) atoms. The summed E-state index contributed by atoms with van der Waals surface area (Å²) in [6, 6.07) is 7.42. The van der Waals surface area contributed by atoms with Crippen molar-refractivity contribution in [3.05, 3.63) is 58.4 Å². The van der Waals surface area contributed by atoms with Gasteiger partial charge in [-0.2, -0.15) is 0 Å². The summed E-state index contributed by atoms with van der Waals surface area (Å²) in [6.07, 6.45) is 0. The number of nitro benzene ring substituents is 1. The highest BCUT2D eigenvalue weighted by molar-refractivity contribution is 7.89. The molecule has 0 heterocycles. The molecule has 0 radical (unpaired) electrons. The van der Waals surface area contributed by atoms with E-state index in [9.17, 15) is 32.5 Å². The lowest BCUT2D eigenvalue weighted by atomic mass is 10.2. The molecule has 0 aromatic heterocycles. The molecule has 0 atom stereocenters. The summed E-state index contributed by atoms with van der Waals surface area (Å²) in [5.41, 5.74) is -0.270. The van der Waals surface area contributed by atoms with Gasteiger partial charge in [-0.05, 0) is 24.3 Å². The maximum Gasteiger partial charge on any atom is 0.319 e. The molecule has 3 amide bonds. The van der Waals surface area contributed by atoms with Crippen LogP contribution in [0.2, 0.25) is 0 Å². The Bertz CT molecular complexity index is 1080. The van der Waals surface area contributed by atoms with Crippen LogP contribution in [-0.2, 0) is 14.8 Å². The number of carbonyl (C=O) groups is 2. The van der Waals surface area contributed by atoms with Crippen LogP contribution in [0, 0.1) is 15.9 Å². The molecule has 2 aromatic rings. The van der Waals surface area contributed by atoms with Crippen LogP contribution in [0.4, 0.5) is 26.2 Å². The van der Waals surface area contributed by atoms with E-state index in [1.54, 1.807) is 0 Å². The average molecular weight is 439 g/mol. The number of hydrogen-bond acceptors (Lipinski definition) is 6. The van der Waals surface area contributed by atoms with Crippen LogP contribution < -0.4 is 20.7 Å². The highest BCUT2D eigenvalue weighted by Gasteiger charge is 2.17. The lowest BCUT2D eigenvalue weighted by Crippen LogP contribution is -2.36. The zero-order chi connectivity index (χ0) is 22.3. The second kappa shape index (κ2) is 9.76. The van der Waals surface area contributed by atoms with Gasteiger partial charge in [0.25, 0.3) is 5.69 Å². The van der Waals surface area contributed by atoms with Crippen LogP contribution in [0.1, 0.15) is 6.92 Å². The van der Waals surface area contributed by atoms with Gasteiger partial charge in [-0.3, -0.25) is 14.9 Å². The molecule has 2 rings (SSSR count). The molecule has 0 aliphatic carbocycles. The molecule has 2 aromatic carbocycles. The first-order chi connectivity index (χ1) is 14.1. The maximum absolute atomic E-state index is 13.6. The van der Waals surface area contributed by atoms with E-state index < -0.39 is 32.7 Å². The predicted molar refractivity (Wildman–Crippen MR) is 106 cm³/mol. The molecule has 0 fully saturated rings. The minimum Gasteiger partial charge on any atom is -0.337 e. The van der Waals surface area contributed by atoms with Crippen LogP contribution in [0.15, 0.2) is 47.4 Å². The number of benzene rings is 2. The summed E-state index contributed by atoms with van der Waals surface area (Å²) in [5, 5.41) is 17.8. The number of nitrogens with one attached hydrogen (secondary N) is 4. The Morgan fingerprint density at radius 2 is 1.83 bits per heavy atom. The fourth-order valence-electron chi connectivity index (χ4n) is 2.27. The summed E-state index contributed by atoms with van der Waals surface area (Å²) >= 11 is 0. The molecule has 13 heteroatoms. The quantitative estimate of drug-likeness (QED) is 0.279. The Morgan fingerprint density at radius 3 is 2.50 bits per heavy atom. The number of nitro groups is 1. The van der Waals surface area contributed by atoms with Crippen LogP contribution in [0.5, 0.6) is 0 Å². The number of halogens is 1. The van der Waals surface area contributed by atoms with E-state index >= 15 is 0 Å². The molecule has 160 valence electrons. The molecular formula is C17H18FN5O6S. The van der Waals surface area contributed by atoms with E-state index in [-0.39, 0.29) is 35.0 Å². The number of anilines is 2. The Labute approximate surface area is 170 Å². The SMILES string of the molecule is CC(=O)Nc1cc(NC(=O)NCCNS(=O)(=O)c2cccc([N+](=O)[O-])c2)ccc1F. The number of amides is 3. The van der Waals surface area contributed by atoms with Crippen LogP contribution >= 0.6 is 0 Å². The van der Waals surface area contributed by atoms with Crippen molar-refractivity contribution in [3.8, 4) is 0 Å². The van der Waals surface area contributed by atoms with Crippen molar-refractivity contribution in [1.82, 2.24) is 10.0 Å². The third-order valence-electron chi connectivity index (χ3n) is 3.58. The van der Waals surface area contributed by atoms with Gasteiger partial charge in [0.2, 0.25) is 15.9 Å². The lowest BCUT2D eigenvalue weighted by molar-refractivity contribution is -0.385. The molecule has 0 unspecified atom stereocenters. The predicted octanol–water partition coefficient (Wildman–Crippen LogP) is 1.79. The first-order valence-corrected chi connectivity index (χ1v) is 9.93. The summed E-state index contributed by atoms with van der Waals surface area (Å²) in [6.45, 7) is 0.930. The number of sulfonamides is 1. The van der Waals surface area contributed by atoms with Crippen molar-refractivity contribution < 1.29 is 27.3 Å². The molecule has 0 saturated heterocycles. The number of urea groups is 1. The lowest BCUT2D eigenvalue weighted by Gasteiger charge is -2.11. The van der Waals surface area contributed by atoms with Gasteiger partial charge in [0.05, 0.1) is 15.5 Å². The fraction of sp³-hybridized carbons (Fsp3) is 0.176. The highest BCUT2D eigenvalue weighted by atomic mass is 32.2. The van der Waals surface area contributed by atoms with Gasteiger partial charge in [0.1, 0.15) is 5.82 Å². The van der Waals surface area contributed by atoms with Crippen molar-refractivity contribution in [1.29, 1.82) is 0 Å². The monoisotopic (exact) mass is 439 g/mol. The van der Waals surface area contributed by atoms with Crippen molar-refractivity contribution in [2.24, 2.45) is 0 Å². The van der Waals surface area contributed by atoms with E-state index in [0.29, 0.717) is 0 Å². The number of carbonyl (C=O) groups excluding carboxylic acids is 2. The third-order valence-corrected chi connectivity index (χ3v) is 5.04. The summed E-state index contributed by atoms with van der Waals surface area (Å²) in [5.74, 6) is -1.15. The summed E-state index contributed by atoms with van der Waals surface area (Å²) < 4.78 is 40.1. The van der Waals surface area contributed by atoms with Gasteiger partial charge in [-0.25, -0.2) is 22.3 Å². The number of rotatable bonds is 8. The Morgan fingerprint density at radius 1 is 1.10 bits per heavy atom. The Kier molecular flexibility index (Phi) is 7.38. The fourth-order valence-corrected chi connectivity index (χ4v) is 3.34. The first-order valence-electron chi connectivity index (χ1n) is 8.44. The normalized spacial score (nSPS) is 10.9. The molecule has 0 aliphatic heterocycles. The first kappa shape index (κ1) is 22.7. The standard InChI is InChI=1S/C17H18FN5O6S/c1-11(24)21-16-9-12(5-6-15(16)18)22-17(25)19-7-8-20-30(28,29)14-4-2-3-13(10-14)23(26)27/h2-6,9-10,20H,7-8H2,1H3,(H,21,24)(H2,19,22,25). The van der Waals surface area contributed by atoms with Gasteiger partial charge in [-0.15, -0.1) is 0 Å². The van der Waals surface area contributed by atoms with E-state index in [1.165, 1.54) is 31.2 Å². The number of nitrogens with zero attached hydrogens (tertiary/aromatic N) is 1. The number of non-ortho nitro benzene ring substituents is 1. The molecular weight excluding hydrogens is 421 g/mol. The maximum atomic E-state index is 13.6. The van der Waals surface area contributed by atoms with Crippen LogP contribution in [0.25, 0.3) is 0 Å². The average Bonchev–Trinajstić information content (AvgIpc) is 2.67. The minimum absolute atomic E-state index is 0.0975. The van der Waals surface area contributed by atoms with Crippen molar-refractivity contribution in [2.75, 3.05) is 23.7 Å². The van der Waals surface area contributed by atoms with Crippen LogP contribution in [0.3, 0.4) is 0 Å².